The number of hydrogen-bond donors (Lipinski definition) is 1. The molecule has 2 heterocycles. The lowest BCUT2D eigenvalue weighted by Gasteiger charge is -2.29. The van der Waals surface area contributed by atoms with Crippen LogP contribution in [0, 0.1) is 0 Å². The fourth-order valence-electron chi connectivity index (χ4n) is 2.65. The maximum absolute atomic E-state index is 12.5. The predicted octanol–water partition coefficient (Wildman–Crippen LogP) is 2.97. The molecule has 5 heteroatoms. The third kappa shape index (κ3) is 2.83. The number of carboxylic acids is 1. The Morgan fingerprint density at radius 1 is 1.29 bits per heavy atom. The van der Waals surface area contributed by atoms with Crippen LogP contribution in [0.25, 0.3) is 0 Å². The summed E-state index contributed by atoms with van der Waals surface area (Å²) >= 11 is 1.58. The molecule has 1 aliphatic heterocycles. The normalized spacial score (nSPS) is 13.8. The second-order valence-electron chi connectivity index (χ2n) is 5.11. The minimum Gasteiger partial charge on any atom is -0.478 e. The first kappa shape index (κ1) is 13.8. The van der Waals surface area contributed by atoms with Crippen LogP contribution >= 0.6 is 11.3 Å². The van der Waals surface area contributed by atoms with Crippen LogP contribution in [0.2, 0.25) is 0 Å². The number of thiophene rings is 1. The van der Waals surface area contributed by atoms with Crippen LogP contribution in [0.1, 0.15) is 27.9 Å². The molecule has 0 radical (unpaired) electrons. The third-order valence-corrected chi connectivity index (χ3v) is 4.41. The molecular weight excluding hydrogens is 286 g/mol. The molecule has 1 aliphatic rings. The van der Waals surface area contributed by atoms with E-state index < -0.39 is 5.97 Å². The molecule has 108 valence electrons. The summed E-state index contributed by atoms with van der Waals surface area (Å²) in [6.45, 7) is 0.697. The Kier molecular flexibility index (Phi) is 3.75. The number of hydrogen-bond acceptors (Lipinski definition) is 3. The minimum atomic E-state index is -0.931. The van der Waals surface area contributed by atoms with Crippen molar-refractivity contribution in [2.24, 2.45) is 0 Å². The minimum absolute atomic E-state index is 0.0671. The standard InChI is InChI=1S/C16H15NO3S/c18-15(8-11-5-7-21-10-11)17-6-1-2-12-9-13(16(19)20)3-4-14(12)17/h3-5,7,9-10H,1-2,6,8H2,(H,19,20). The molecule has 1 aromatic carbocycles. The summed E-state index contributed by atoms with van der Waals surface area (Å²) in [7, 11) is 0. The molecule has 1 N–H and O–H groups in total. The zero-order valence-corrected chi connectivity index (χ0v) is 12.2. The van der Waals surface area contributed by atoms with E-state index in [1.165, 1.54) is 0 Å². The van der Waals surface area contributed by atoms with Crippen molar-refractivity contribution < 1.29 is 14.7 Å². The monoisotopic (exact) mass is 301 g/mol. The Morgan fingerprint density at radius 2 is 2.14 bits per heavy atom. The number of carbonyl (C=O) groups excluding carboxylic acids is 1. The van der Waals surface area contributed by atoms with Crippen molar-refractivity contribution in [2.75, 3.05) is 11.4 Å². The molecule has 1 aromatic heterocycles. The molecule has 0 saturated heterocycles. The van der Waals surface area contributed by atoms with Crippen molar-refractivity contribution in [1.29, 1.82) is 0 Å². The van der Waals surface area contributed by atoms with Crippen molar-refractivity contribution in [3.05, 3.63) is 51.7 Å². The number of fused-ring (bicyclic) bond motifs is 1. The second kappa shape index (κ2) is 5.69. The fourth-order valence-corrected chi connectivity index (χ4v) is 3.32. The van der Waals surface area contributed by atoms with E-state index in [0.29, 0.717) is 13.0 Å². The van der Waals surface area contributed by atoms with Crippen LogP contribution in [0.4, 0.5) is 5.69 Å². The van der Waals surface area contributed by atoms with Gasteiger partial charge in [0.2, 0.25) is 5.91 Å². The summed E-state index contributed by atoms with van der Waals surface area (Å²) in [5, 5.41) is 13.0. The Morgan fingerprint density at radius 3 is 2.86 bits per heavy atom. The highest BCUT2D eigenvalue weighted by atomic mass is 32.1. The van der Waals surface area contributed by atoms with Crippen LogP contribution < -0.4 is 4.90 Å². The molecule has 2 aromatic rings. The van der Waals surface area contributed by atoms with Crippen molar-refractivity contribution in [1.82, 2.24) is 0 Å². The van der Waals surface area contributed by atoms with E-state index in [-0.39, 0.29) is 11.5 Å². The number of anilines is 1. The summed E-state index contributed by atoms with van der Waals surface area (Å²) in [4.78, 5) is 25.3. The van der Waals surface area contributed by atoms with Crippen molar-refractivity contribution in [3.8, 4) is 0 Å². The number of benzene rings is 1. The summed E-state index contributed by atoms with van der Waals surface area (Å²) in [6, 6.07) is 6.96. The Hall–Kier alpha value is -2.14. The first-order valence-corrected chi connectivity index (χ1v) is 7.77. The highest BCUT2D eigenvalue weighted by Gasteiger charge is 2.23. The smallest absolute Gasteiger partial charge is 0.335 e. The SMILES string of the molecule is O=C(O)c1ccc2c(c1)CCCN2C(=O)Cc1ccsc1. The van der Waals surface area contributed by atoms with Crippen LogP contribution in [-0.2, 0) is 17.6 Å². The van der Waals surface area contributed by atoms with Crippen LogP contribution in [0.15, 0.2) is 35.0 Å². The van der Waals surface area contributed by atoms with Gasteiger partial charge in [-0.15, -0.1) is 0 Å². The van der Waals surface area contributed by atoms with Crippen molar-refractivity contribution in [3.63, 3.8) is 0 Å². The maximum atomic E-state index is 12.5. The van der Waals surface area contributed by atoms with Gasteiger partial charge in [0.25, 0.3) is 0 Å². The second-order valence-corrected chi connectivity index (χ2v) is 5.89. The lowest BCUT2D eigenvalue weighted by atomic mass is 9.98. The van der Waals surface area contributed by atoms with Gasteiger partial charge in [-0.25, -0.2) is 4.79 Å². The molecule has 21 heavy (non-hydrogen) atoms. The Bertz CT molecular complexity index is 679. The first-order valence-electron chi connectivity index (χ1n) is 6.83. The number of nitrogens with zero attached hydrogens (tertiary/aromatic N) is 1. The molecule has 3 rings (SSSR count). The van der Waals surface area contributed by atoms with E-state index in [4.69, 9.17) is 5.11 Å². The number of rotatable bonds is 3. The molecular formula is C16H15NO3S. The predicted molar refractivity (Wildman–Crippen MR) is 82.1 cm³/mol. The van der Waals surface area contributed by atoms with Crippen LogP contribution in [0.5, 0.6) is 0 Å². The molecule has 0 spiro atoms. The lowest BCUT2D eigenvalue weighted by Crippen LogP contribution is -2.36. The van der Waals surface area contributed by atoms with Gasteiger partial charge in [0.05, 0.1) is 12.0 Å². The number of aryl methyl sites for hydroxylation is 1. The van der Waals surface area contributed by atoms with Gasteiger partial charge in [0.1, 0.15) is 0 Å². The van der Waals surface area contributed by atoms with Gasteiger partial charge in [-0.1, -0.05) is 0 Å². The van der Waals surface area contributed by atoms with Crippen molar-refractivity contribution >= 4 is 28.9 Å². The Balaban J connectivity index is 1.86. The van der Waals surface area contributed by atoms with Crippen LogP contribution in [-0.4, -0.2) is 23.5 Å². The average molecular weight is 301 g/mol. The molecule has 1 amide bonds. The quantitative estimate of drug-likeness (QED) is 0.948. The highest BCUT2D eigenvalue weighted by Crippen LogP contribution is 2.28. The van der Waals surface area contributed by atoms with Crippen LogP contribution in [0.3, 0.4) is 0 Å². The maximum Gasteiger partial charge on any atom is 0.335 e. The number of carbonyl (C=O) groups is 2. The first-order chi connectivity index (χ1) is 10.1. The van der Waals surface area contributed by atoms with Gasteiger partial charge >= 0.3 is 5.97 Å². The zero-order chi connectivity index (χ0) is 14.8. The van der Waals surface area contributed by atoms with E-state index in [1.54, 1.807) is 34.4 Å². The number of aromatic carboxylic acids is 1. The third-order valence-electron chi connectivity index (χ3n) is 3.68. The van der Waals surface area contributed by atoms with Crippen molar-refractivity contribution in [2.45, 2.75) is 19.3 Å². The summed E-state index contributed by atoms with van der Waals surface area (Å²) in [5.41, 5.74) is 3.10. The molecule has 0 saturated carbocycles. The highest BCUT2D eigenvalue weighted by molar-refractivity contribution is 7.08. The molecule has 0 unspecified atom stereocenters. The zero-order valence-electron chi connectivity index (χ0n) is 11.4. The number of amides is 1. The van der Waals surface area contributed by atoms with Gasteiger partial charge in [0, 0.05) is 12.2 Å². The topological polar surface area (TPSA) is 57.6 Å². The Labute approximate surface area is 126 Å². The largest absolute Gasteiger partial charge is 0.478 e. The molecule has 0 bridgehead atoms. The number of carboxylic acid groups (broad SMARTS) is 1. The fraction of sp³-hybridized carbons (Fsp3) is 0.250. The summed E-state index contributed by atoms with van der Waals surface area (Å²) < 4.78 is 0. The van der Waals surface area contributed by atoms with E-state index in [2.05, 4.69) is 0 Å². The van der Waals surface area contributed by atoms with Gasteiger partial charge in [0.15, 0.2) is 0 Å². The average Bonchev–Trinajstić information content (AvgIpc) is 2.98. The molecule has 0 aliphatic carbocycles. The lowest BCUT2D eigenvalue weighted by molar-refractivity contribution is -0.118. The molecule has 0 fully saturated rings. The van der Waals surface area contributed by atoms with Gasteiger partial charge in [-0.3, -0.25) is 4.79 Å². The molecule has 4 nitrogen and oxygen atoms in total. The van der Waals surface area contributed by atoms with E-state index in [9.17, 15) is 9.59 Å². The van der Waals surface area contributed by atoms with Gasteiger partial charge in [-0.2, -0.15) is 11.3 Å². The molecule has 0 atom stereocenters. The summed E-state index contributed by atoms with van der Waals surface area (Å²) in [6.07, 6.45) is 2.08. The summed E-state index contributed by atoms with van der Waals surface area (Å²) in [5.74, 6) is -0.864. The van der Waals surface area contributed by atoms with E-state index in [0.717, 1.165) is 29.7 Å². The van der Waals surface area contributed by atoms with Gasteiger partial charge in [-0.05, 0) is 59.0 Å². The van der Waals surface area contributed by atoms with E-state index >= 15 is 0 Å². The van der Waals surface area contributed by atoms with Gasteiger partial charge < -0.3 is 10.0 Å². The van der Waals surface area contributed by atoms with E-state index in [1.807, 2.05) is 16.8 Å².